The third-order valence-corrected chi connectivity index (χ3v) is 2.70. The van der Waals surface area contributed by atoms with Crippen LogP contribution in [0.5, 0.6) is 0 Å². The fourth-order valence-corrected chi connectivity index (χ4v) is 1.72. The van der Waals surface area contributed by atoms with Crippen molar-refractivity contribution in [1.29, 1.82) is 0 Å². The van der Waals surface area contributed by atoms with Gasteiger partial charge in [-0.15, -0.1) is 0 Å². The summed E-state index contributed by atoms with van der Waals surface area (Å²) in [7, 11) is 0. The lowest BCUT2D eigenvalue weighted by atomic mass is 10.0. The molecule has 0 atom stereocenters. The predicted octanol–water partition coefficient (Wildman–Crippen LogP) is 4.65. The van der Waals surface area contributed by atoms with E-state index in [9.17, 15) is 18.0 Å². The van der Waals surface area contributed by atoms with E-state index >= 15 is 0 Å². The molecule has 2 aromatic carbocycles. The highest BCUT2D eigenvalue weighted by Crippen LogP contribution is 2.20. The number of ketones is 1. The van der Waals surface area contributed by atoms with Gasteiger partial charge in [0.25, 0.3) is 0 Å². The number of hydrogen-bond acceptors (Lipinski definition) is 1. The van der Waals surface area contributed by atoms with Crippen molar-refractivity contribution in [3.8, 4) is 11.1 Å². The lowest BCUT2D eigenvalue weighted by molar-refractivity contribution is -0.0799. The van der Waals surface area contributed by atoms with Crippen molar-refractivity contribution in [3.63, 3.8) is 0 Å². The Balaban J connectivity index is 2.17. The monoisotopic (exact) mass is 276 g/mol. The van der Waals surface area contributed by atoms with Crippen molar-refractivity contribution in [1.82, 2.24) is 0 Å². The van der Waals surface area contributed by atoms with Crippen molar-refractivity contribution in [2.75, 3.05) is 0 Å². The van der Waals surface area contributed by atoms with E-state index in [0.29, 0.717) is 6.08 Å². The topological polar surface area (TPSA) is 17.1 Å². The molecule has 0 N–H and O–H groups in total. The summed E-state index contributed by atoms with van der Waals surface area (Å²) in [6.45, 7) is 0. The maximum atomic E-state index is 12.0. The Bertz CT molecular complexity index is 610. The SMILES string of the molecule is O=C(/C=C/C(F)(F)F)c1ccc(-c2ccccc2)cc1. The predicted molar refractivity (Wildman–Crippen MR) is 71.4 cm³/mol. The van der Waals surface area contributed by atoms with E-state index < -0.39 is 12.0 Å². The highest BCUT2D eigenvalue weighted by atomic mass is 19.4. The van der Waals surface area contributed by atoms with Gasteiger partial charge in [0.15, 0.2) is 5.78 Å². The first-order valence-corrected chi connectivity index (χ1v) is 5.91. The summed E-state index contributed by atoms with van der Waals surface area (Å²) in [5.74, 6) is -0.665. The van der Waals surface area contributed by atoms with Gasteiger partial charge < -0.3 is 0 Å². The summed E-state index contributed by atoms with van der Waals surface area (Å²) in [5, 5.41) is 0. The van der Waals surface area contributed by atoms with E-state index in [1.54, 1.807) is 12.1 Å². The highest BCUT2D eigenvalue weighted by molar-refractivity contribution is 6.04. The first-order chi connectivity index (χ1) is 9.46. The second-order valence-corrected chi connectivity index (χ2v) is 4.18. The minimum Gasteiger partial charge on any atom is -0.289 e. The van der Waals surface area contributed by atoms with Crippen LogP contribution in [-0.4, -0.2) is 12.0 Å². The van der Waals surface area contributed by atoms with Crippen LogP contribution < -0.4 is 0 Å². The second kappa shape index (κ2) is 5.74. The molecule has 0 aliphatic heterocycles. The molecule has 0 aromatic heterocycles. The van der Waals surface area contributed by atoms with Crippen molar-refractivity contribution < 1.29 is 18.0 Å². The lowest BCUT2D eigenvalue weighted by Gasteiger charge is -2.02. The molecule has 0 radical (unpaired) electrons. The minimum absolute atomic E-state index is 0.0551. The Morgan fingerprint density at radius 3 is 1.95 bits per heavy atom. The van der Waals surface area contributed by atoms with Crippen molar-refractivity contribution in [3.05, 3.63) is 72.3 Å². The van der Waals surface area contributed by atoms with Crippen molar-refractivity contribution in [2.45, 2.75) is 6.18 Å². The summed E-state index contributed by atoms with van der Waals surface area (Å²) < 4.78 is 35.9. The number of carbonyl (C=O) groups excluding carboxylic acids is 1. The summed E-state index contributed by atoms with van der Waals surface area (Å²) in [5.41, 5.74) is 2.12. The van der Waals surface area contributed by atoms with E-state index in [1.165, 1.54) is 12.1 Å². The van der Waals surface area contributed by atoms with E-state index in [1.807, 2.05) is 30.3 Å². The van der Waals surface area contributed by atoms with E-state index in [-0.39, 0.29) is 11.6 Å². The van der Waals surface area contributed by atoms with Crippen LogP contribution >= 0.6 is 0 Å². The smallest absolute Gasteiger partial charge is 0.289 e. The van der Waals surface area contributed by atoms with Crippen LogP contribution in [0.25, 0.3) is 11.1 Å². The molecule has 0 unspecified atom stereocenters. The number of halogens is 3. The molecule has 0 saturated carbocycles. The summed E-state index contributed by atoms with van der Waals surface area (Å²) in [6, 6.07) is 16.0. The molecule has 0 saturated heterocycles. The van der Waals surface area contributed by atoms with Crippen LogP contribution in [-0.2, 0) is 0 Å². The molecule has 0 heterocycles. The van der Waals surface area contributed by atoms with Gasteiger partial charge in [0, 0.05) is 11.6 Å². The molecule has 1 nitrogen and oxygen atoms in total. The van der Waals surface area contributed by atoms with Crippen LogP contribution in [0.3, 0.4) is 0 Å². The Labute approximate surface area is 114 Å². The number of allylic oxidation sites excluding steroid dienone is 2. The fourth-order valence-electron chi connectivity index (χ4n) is 1.72. The average Bonchev–Trinajstić information content (AvgIpc) is 2.45. The third-order valence-electron chi connectivity index (χ3n) is 2.70. The molecular formula is C16H11F3O. The zero-order valence-electron chi connectivity index (χ0n) is 10.4. The molecule has 4 heteroatoms. The number of alkyl halides is 3. The first kappa shape index (κ1) is 14.1. The van der Waals surface area contributed by atoms with Gasteiger partial charge in [-0.25, -0.2) is 0 Å². The van der Waals surface area contributed by atoms with Crippen LogP contribution in [0, 0.1) is 0 Å². The second-order valence-electron chi connectivity index (χ2n) is 4.18. The van der Waals surface area contributed by atoms with Gasteiger partial charge in [-0.1, -0.05) is 54.6 Å². The normalized spacial score (nSPS) is 11.8. The molecule has 20 heavy (non-hydrogen) atoms. The highest BCUT2D eigenvalue weighted by Gasteiger charge is 2.22. The largest absolute Gasteiger partial charge is 0.409 e. The Morgan fingerprint density at radius 2 is 1.40 bits per heavy atom. The standard InChI is InChI=1S/C16H11F3O/c17-16(18,19)11-10-15(20)14-8-6-13(7-9-14)12-4-2-1-3-5-12/h1-11H/b11-10+. The molecule has 0 bridgehead atoms. The first-order valence-electron chi connectivity index (χ1n) is 5.91. The minimum atomic E-state index is -4.47. The Kier molecular flexibility index (Phi) is 4.03. The quantitative estimate of drug-likeness (QED) is 0.589. The molecule has 2 rings (SSSR count). The number of rotatable bonds is 3. The number of benzene rings is 2. The van der Waals surface area contributed by atoms with E-state index in [4.69, 9.17) is 0 Å². The molecule has 2 aromatic rings. The van der Waals surface area contributed by atoms with Crippen molar-refractivity contribution >= 4 is 5.78 Å². The van der Waals surface area contributed by atoms with Gasteiger partial charge in [0.05, 0.1) is 0 Å². The number of carbonyl (C=O) groups is 1. The van der Waals surface area contributed by atoms with Gasteiger partial charge in [0.1, 0.15) is 0 Å². The lowest BCUT2D eigenvalue weighted by Crippen LogP contribution is -2.03. The maximum absolute atomic E-state index is 12.0. The van der Waals surface area contributed by atoms with Gasteiger partial charge >= 0.3 is 6.18 Å². The molecule has 0 spiro atoms. The summed E-state index contributed by atoms with van der Waals surface area (Å²) in [6.07, 6.45) is -3.99. The molecule has 0 fully saturated rings. The zero-order valence-corrected chi connectivity index (χ0v) is 10.4. The molecule has 0 aliphatic rings. The molecule has 102 valence electrons. The Hall–Kier alpha value is -2.36. The fraction of sp³-hybridized carbons (Fsp3) is 0.0625. The molecule has 0 amide bonds. The maximum Gasteiger partial charge on any atom is 0.409 e. The van der Waals surface area contributed by atoms with Gasteiger partial charge in [-0.05, 0) is 17.2 Å². The van der Waals surface area contributed by atoms with Gasteiger partial charge in [-0.3, -0.25) is 4.79 Å². The van der Waals surface area contributed by atoms with Crippen LogP contribution in [0.15, 0.2) is 66.7 Å². The van der Waals surface area contributed by atoms with Gasteiger partial charge in [0.2, 0.25) is 0 Å². The van der Waals surface area contributed by atoms with Crippen LogP contribution in [0.1, 0.15) is 10.4 Å². The molecular weight excluding hydrogens is 265 g/mol. The Morgan fingerprint density at radius 1 is 0.850 bits per heavy atom. The van der Waals surface area contributed by atoms with E-state index in [0.717, 1.165) is 11.1 Å². The molecule has 0 aliphatic carbocycles. The number of hydrogen-bond donors (Lipinski definition) is 0. The summed E-state index contributed by atoms with van der Waals surface area (Å²) in [4.78, 5) is 11.6. The zero-order chi connectivity index (χ0) is 14.6. The van der Waals surface area contributed by atoms with Crippen LogP contribution in [0.4, 0.5) is 13.2 Å². The third kappa shape index (κ3) is 3.82. The average molecular weight is 276 g/mol. The van der Waals surface area contributed by atoms with Gasteiger partial charge in [-0.2, -0.15) is 13.2 Å². The summed E-state index contributed by atoms with van der Waals surface area (Å²) >= 11 is 0. The van der Waals surface area contributed by atoms with E-state index in [2.05, 4.69) is 0 Å². The van der Waals surface area contributed by atoms with Crippen molar-refractivity contribution in [2.24, 2.45) is 0 Å². The van der Waals surface area contributed by atoms with Crippen LogP contribution in [0.2, 0.25) is 0 Å².